The molecule has 1 heterocycles. The summed E-state index contributed by atoms with van der Waals surface area (Å²) in [5.41, 5.74) is 0. The lowest BCUT2D eigenvalue weighted by Crippen LogP contribution is -2.08. The summed E-state index contributed by atoms with van der Waals surface area (Å²) in [4.78, 5) is 0. The minimum absolute atomic E-state index is 0.167. The number of hydrogen-bond donors (Lipinski definition) is 0. The van der Waals surface area contributed by atoms with E-state index in [9.17, 15) is 8.42 Å². The molecule has 0 saturated carbocycles. The van der Waals surface area contributed by atoms with Crippen LogP contribution in [0.15, 0.2) is 6.33 Å². The number of aryl methyl sites for hydroxylation is 1. The average molecular weight is 197 g/mol. The Balaban J connectivity index is 2.48. The second-order valence-corrected chi connectivity index (χ2v) is 4.71. The molecule has 0 aromatic carbocycles. The van der Waals surface area contributed by atoms with Gasteiger partial charge in [0.15, 0.2) is 0 Å². The van der Waals surface area contributed by atoms with Gasteiger partial charge in [-0.25, -0.2) is 13.1 Å². The van der Waals surface area contributed by atoms with Gasteiger partial charge in [0.2, 0.25) is 9.05 Å². The zero-order chi connectivity index (χ0) is 8.32. The second kappa shape index (κ2) is 3.14. The van der Waals surface area contributed by atoms with E-state index in [2.05, 4.69) is 15.5 Å². The molecule has 1 rings (SSSR count). The molecule has 11 heavy (non-hydrogen) atoms. The normalized spacial score (nSPS) is 11.7. The van der Waals surface area contributed by atoms with Gasteiger partial charge in [-0.2, -0.15) is 0 Å². The van der Waals surface area contributed by atoms with Crippen LogP contribution >= 0.6 is 10.7 Å². The molecule has 0 atom stereocenters. The Kier molecular flexibility index (Phi) is 2.40. The Bertz CT molecular complexity index is 306. The van der Waals surface area contributed by atoms with Gasteiger partial charge < -0.3 is 0 Å². The van der Waals surface area contributed by atoms with Crippen LogP contribution < -0.4 is 0 Å². The number of nitrogens with zero attached hydrogens (tertiary/aromatic N) is 4. The van der Waals surface area contributed by atoms with E-state index in [1.165, 1.54) is 11.0 Å². The lowest BCUT2D eigenvalue weighted by molar-refractivity contribution is 0.586. The standard InChI is InChI=1S/C3H5ClN4O2S/c4-11(9,10)2-1-8-3-5-6-7-8/h3H,1-2H2. The molecule has 0 fully saturated rings. The Morgan fingerprint density at radius 3 is 2.73 bits per heavy atom. The summed E-state index contributed by atoms with van der Waals surface area (Å²) >= 11 is 0. The van der Waals surface area contributed by atoms with Gasteiger partial charge in [0.25, 0.3) is 0 Å². The van der Waals surface area contributed by atoms with Gasteiger partial charge in [0.1, 0.15) is 6.33 Å². The molecule has 0 N–H and O–H groups in total. The molecule has 0 aliphatic rings. The molecule has 0 aliphatic heterocycles. The summed E-state index contributed by atoms with van der Waals surface area (Å²) in [7, 11) is 1.50. The van der Waals surface area contributed by atoms with E-state index in [1.54, 1.807) is 0 Å². The maximum absolute atomic E-state index is 10.4. The van der Waals surface area contributed by atoms with Gasteiger partial charge in [-0.15, -0.1) is 5.10 Å². The summed E-state index contributed by atoms with van der Waals surface area (Å²) in [6, 6.07) is 0. The first-order chi connectivity index (χ1) is 5.08. The van der Waals surface area contributed by atoms with E-state index in [0.29, 0.717) is 0 Å². The number of rotatable bonds is 3. The number of tetrazole rings is 1. The van der Waals surface area contributed by atoms with Gasteiger partial charge in [-0.3, -0.25) is 0 Å². The van der Waals surface area contributed by atoms with Gasteiger partial charge in [0.05, 0.1) is 12.3 Å². The fourth-order valence-corrected chi connectivity index (χ4v) is 1.10. The number of aromatic nitrogens is 4. The zero-order valence-corrected chi connectivity index (χ0v) is 6.96. The first-order valence-electron chi connectivity index (χ1n) is 2.71. The summed E-state index contributed by atoms with van der Waals surface area (Å²) in [5, 5.41) is 10.1. The molecule has 0 amide bonds. The Labute approximate surface area is 67.6 Å². The summed E-state index contributed by atoms with van der Waals surface area (Å²) < 4.78 is 22.1. The molecule has 8 heteroatoms. The van der Waals surface area contributed by atoms with Crippen LogP contribution in [0.1, 0.15) is 0 Å². The maximum atomic E-state index is 10.4. The van der Waals surface area contributed by atoms with Crippen molar-refractivity contribution in [3.63, 3.8) is 0 Å². The molecule has 0 aliphatic carbocycles. The van der Waals surface area contributed by atoms with Crippen LogP contribution in [0.25, 0.3) is 0 Å². The molecule has 62 valence electrons. The van der Waals surface area contributed by atoms with Crippen LogP contribution in [-0.4, -0.2) is 34.4 Å². The van der Waals surface area contributed by atoms with Crippen molar-refractivity contribution in [3.05, 3.63) is 6.33 Å². The quantitative estimate of drug-likeness (QED) is 0.594. The smallest absolute Gasteiger partial charge is 0.231 e. The molecule has 1 aromatic heterocycles. The van der Waals surface area contributed by atoms with Crippen molar-refractivity contribution in [1.29, 1.82) is 0 Å². The van der Waals surface area contributed by atoms with Crippen LogP contribution in [0.5, 0.6) is 0 Å². The Hall–Kier alpha value is -0.690. The van der Waals surface area contributed by atoms with E-state index in [-0.39, 0.29) is 12.3 Å². The highest BCUT2D eigenvalue weighted by Gasteiger charge is 2.04. The summed E-state index contributed by atoms with van der Waals surface area (Å²) in [6.45, 7) is 0.179. The van der Waals surface area contributed by atoms with Crippen molar-refractivity contribution >= 4 is 19.7 Å². The third-order valence-electron chi connectivity index (χ3n) is 0.956. The fraction of sp³-hybridized carbons (Fsp3) is 0.667. The van der Waals surface area contributed by atoms with Crippen LogP contribution in [0.2, 0.25) is 0 Å². The van der Waals surface area contributed by atoms with Crippen molar-refractivity contribution in [2.45, 2.75) is 6.54 Å². The highest BCUT2D eigenvalue weighted by atomic mass is 35.7. The highest BCUT2D eigenvalue weighted by molar-refractivity contribution is 8.13. The van der Waals surface area contributed by atoms with Crippen LogP contribution in [0.4, 0.5) is 0 Å². The third kappa shape index (κ3) is 3.28. The van der Waals surface area contributed by atoms with E-state index >= 15 is 0 Å². The summed E-state index contributed by atoms with van der Waals surface area (Å²) in [5.74, 6) is -0.167. The fourth-order valence-electron chi connectivity index (χ4n) is 0.485. The SMILES string of the molecule is O=S(=O)(Cl)CCn1cnnn1. The monoisotopic (exact) mass is 196 g/mol. The summed E-state index contributed by atoms with van der Waals surface area (Å²) in [6.07, 6.45) is 1.32. The Morgan fingerprint density at radius 1 is 1.55 bits per heavy atom. The highest BCUT2D eigenvalue weighted by Crippen LogP contribution is 1.96. The molecule has 0 spiro atoms. The second-order valence-electron chi connectivity index (χ2n) is 1.82. The largest absolute Gasteiger partial charge is 0.234 e. The molecule has 1 aromatic rings. The van der Waals surface area contributed by atoms with Gasteiger partial charge in [-0.05, 0) is 10.4 Å². The van der Waals surface area contributed by atoms with Crippen molar-refractivity contribution in [2.75, 3.05) is 5.75 Å². The van der Waals surface area contributed by atoms with Gasteiger partial charge in [0, 0.05) is 10.7 Å². The maximum Gasteiger partial charge on any atom is 0.234 e. The lowest BCUT2D eigenvalue weighted by Gasteiger charge is -1.93. The molecule has 0 bridgehead atoms. The molecule has 6 nitrogen and oxygen atoms in total. The van der Waals surface area contributed by atoms with Crippen molar-refractivity contribution in [1.82, 2.24) is 20.2 Å². The Morgan fingerprint density at radius 2 is 2.27 bits per heavy atom. The predicted molar refractivity (Wildman–Crippen MR) is 37.5 cm³/mol. The average Bonchev–Trinajstić information content (AvgIpc) is 2.32. The molecular formula is C3H5ClN4O2S. The minimum atomic E-state index is -3.44. The molecule has 0 saturated heterocycles. The van der Waals surface area contributed by atoms with Crippen molar-refractivity contribution in [2.24, 2.45) is 0 Å². The lowest BCUT2D eigenvalue weighted by atomic mass is 10.8. The molecule has 0 radical (unpaired) electrons. The van der Waals surface area contributed by atoms with Crippen LogP contribution in [0, 0.1) is 0 Å². The molecule has 0 unspecified atom stereocenters. The first kappa shape index (κ1) is 8.41. The van der Waals surface area contributed by atoms with E-state index in [4.69, 9.17) is 10.7 Å². The third-order valence-corrected chi connectivity index (χ3v) is 2.09. The van der Waals surface area contributed by atoms with Gasteiger partial charge >= 0.3 is 0 Å². The van der Waals surface area contributed by atoms with Gasteiger partial charge in [-0.1, -0.05) is 0 Å². The first-order valence-corrected chi connectivity index (χ1v) is 5.19. The minimum Gasteiger partial charge on any atom is -0.231 e. The molecular weight excluding hydrogens is 192 g/mol. The van der Waals surface area contributed by atoms with Crippen molar-refractivity contribution in [3.8, 4) is 0 Å². The van der Waals surface area contributed by atoms with E-state index in [0.717, 1.165) is 0 Å². The number of halogens is 1. The van der Waals surface area contributed by atoms with Crippen LogP contribution in [-0.2, 0) is 15.6 Å². The number of hydrogen-bond acceptors (Lipinski definition) is 5. The van der Waals surface area contributed by atoms with Crippen molar-refractivity contribution < 1.29 is 8.42 Å². The van der Waals surface area contributed by atoms with E-state index < -0.39 is 9.05 Å². The predicted octanol–water partition coefficient (Wildman–Crippen LogP) is -0.758. The van der Waals surface area contributed by atoms with E-state index in [1.807, 2.05) is 0 Å². The van der Waals surface area contributed by atoms with Crippen LogP contribution in [0.3, 0.4) is 0 Å². The zero-order valence-electron chi connectivity index (χ0n) is 5.38. The topological polar surface area (TPSA) is 77.7 Å².